The van der Waals surface area contributed by atoms with Crippen LogP contribution in [0.5, 0.6) is 0 Å². The molecule has 0 aliphatic carbocycles. The van der Waals surface area contributed by atoms with Crippen LogP contribution in [0.4, 0.5) is 0 Å². The topological polar surface area (TPSA) is 30.2 Å². The maximum absolute atomic E-state index is 4.06. The predicted octanol–water partition coefficient (Wildman–Crippen LogP) is 0.0145. The molecule has 0 bridgehead atoms. The second-order valence-corrected chi connectivity index (χ2v) is 2.58. The molecule has 1 aromatic heterocycles. The average molecular weight is 167 g/mol. The van der Waals surface area contributed by atoms with Gasteiger partial charge in [-0.05, 0) is 0 Å². The van der Waals surface area contributed by atoms with E-state index in [4.69, 9.17) is 0 Å². The molecule has 58 valence electrons. The lowest BCUT2D eigenvalue weighted by Crippen LogP contribution is -2.20. The highest BCUT2D eigenvalue weighted by Crippen LogP contribution is 1.81. The molecule has 1 atom stereocenters. The number of rotatable bonds is 1. The molecule has 1 unspecified atom stereocenters. The molecule has 1 rings (SSSR count). The molecule has 11 heavy (non-hydrogen) atoms. The van der Waals surface area contributed by atoms with Crippen LogP contribution >= 0.6 is 9.24 Å². The number of nitrogens with zero attached hydrogens (tertiary/aromatic N) is 3. The zero-order valence-electron chi connectivity index (χ0n) is 6.36. The lowest BCUT2D eigenvalue weighted by molar-refractivity contribution is 0.969. The minimum absolute atomic E-state index is 0.797. The van der Waals surface area contributed by atoms with Crippen LogP contribution in [0.2, 0.25) is 0 Å². The summed E-state index contributed by atoms with van der Waals surface area (Å²) in [7, 11) is 4.24. The Labute approximate surface area is 67.7 Å². The summed E-state index contributed by atoms with van der Waals surface area (Å²) in [6.07, 6.45) is 5.24. The first-order valence-electron chi connectivity index (χ1n) is 3.17. The molecular formula is C7H10N3P. The summed E-state index contributed by atoms with van der Waals surface area (Å²) < 4.78 is 1.81. The molecule has 0 N–H and O–H groups in total. The summed E-state index contributed by atoms with van der Waals surface area (Å²) in [6.45, 7) is 3.65. The first kappa shape index (κ1) is 8.15. The molecule has 0 amide bonds. The van der Waals surface area contributed by atoms with Gasteiger partial charge in [0, 0.05) is 19.4 Å². The number of aromatic nitrogens is 2. The van der Waals surface area contributed by atoms with E-state index in [2.05, 4.69) is 25.8 Å². The molecule has 0 fully saturated rings. The molecule has 4 heteroatoms. The van der Waals surface area contributed by atoms with Crippen molar-refractivity contribution in [2.75, 3.05) is 7.05 Å². The van der Waals surface area contributed by atoms with Gasteiger partial charge in [0.1, 0.15) is 5.49 Å². The van der Waals surface area contributed by atoms with E-state index in [9.17, 15) is 0 Å². The lowest BCUT2D eigenvalue weighted by Gasteiger charge is -1.99. The van der Waals surface area contributed by atoms with E-state index >= 15 is 0 Å². The van der Waals surface area contributed by atoms with Crippen molar-refractivity contribution in [2.45, 2.75) is 0 Å². The van der Waals surface area contributed by atoms with Crippen molar-refractivity contribution in [3.8, 4) is 0 Å². The van der Waals surface area contributed by atoms with Gasteiger partial charge in [0.05, 0.1) is 11.6 Å². The summed E-state index contributed by atoms with van der Waals surface area (Å²) in [5.41, 5.74) is 1.67. The quantitative estimate of drug-likeness (QED) is 0.542. The molecular weight excluding hydrogens is 157 g/mol. The molecule has 0 aliphatic heterocycles. The highest BCUT2D eigenvalue weighted by molar-refractivity contribution is 7.26. The maximum atomic E-state index is 4.06. The van der Waals surface area contributed by atoms with Crippen LogP contribution < -0.4 is 10.9 Å². The van der Waals surface area contributed by atoms with E-state index in [0.29, 0.717) is 0 Å². The Morgan fingerprint density at radius 1 is 1.82 bits per heavy atom. The SMILES string of the molecule is C=Cn1cc(P)ncc1=NC. The monoisotopic (exact) mass is 167 g/mol. The van der Waals surface area contributed by atoms with Gasteiger partial charge in [0.2, 0.25) is 0 Å². The first-order chi connectivity index (χ1) is 5.27. The van der Waals surface area contributed by atoms with Crippen molar-refractivity contribution in [3.63, 3.8) is 0 Å². The highest BCUT2D eigenvalue weighted by Gasteiger charge is 1.88. The van der Waals surface area contributed by atoms with E-state index in [-0.39, 0.29) is 0 Å². The fourth-order valence-electron chi connectivity index (χ4n) is 0.760. The third-order valence-electron chi connectivity index (χ3n) is 1.29. The smallest absolute Gasteiger partial charge is 0.150 e. The molecule has 0 radical (unpaired) electrons. The zero-order valence-corrected chi connectivity index (χ0v) is 7.51. The summed E-state index contributed by atoms with van der Waals surface area (Å²) in [4.78, 5) is 8.06. The van der Waals surface area contributed by atoms with E-state index < -0.39 is 0 Å². The minimum atomic E-state index is 0.797. The largest absolute Gasteiger partial charge is 0.306 e. The van der Waals surface area contributed by atoms with Gasteiger partial charge in [-0.3, -0.25) is 9.98 Å². The van der Waals surface area contributed by atoms with E-state index in [1.54, 1.807) is 19.4 Å². The standard InChI is InChI=1S/C7H10N3P/c1-3-10-5-7(11)9-4-6(10)8-2/h3-5H,1,11H2,2H3. The zero-order chi connectivity index (χ0) is 8.27. The van der Waals surface area contributed by atoms with Crippen LogP contribution in [0, 0.1) is 0 Å². The molecule has 0 spiro atoms. The predicted molar refractivity (Wildman–Crippen MR) is 49.4 cm³/mol. The summed E-state index contributed by atoms with van der Waals surface area (Å²) in [5, 5.41) is 0. The van der Waals surface area contributed by atoms with Gasteiger partial charge in [-0.2, -0.15) is 0 Å². The van der Waals surface area contributed by atoms with E-state index in [0.717, 1.165) is 10.9 Å². The Hall–Kier alpha value is -0.950. The van der Waals surface area contributed by atoms with Gasteiger partial charge in [0.15, 0.2) is 0 Å². The summed E-state index contributed by atoms with van der Waals surface area (Å²) >= 11 is 0. The minimum Gasteiger partial charge on any atom is -0.306 e. The second kappa shape index (κ2) is 3.44. The van der Waals surface area contributed by atoms with E-state index in [1.807, 2.05) is 10.8 Å². The third-order valence-corrected chi connectivity index (χ3v) is 1.59. The second-order valence-electron chi connectivity index (χ2n) is 1.98. The molecule has 0 saturated heterocycles. The Morgan fingerprint density at radius 2 is 2.55 bits per heavy atom. The Balaban J connectivity index is 3.40. The van der Waals surface area contributed by atoms with Crippen molar-refractivity contribution in [3.05, 3.63) is 24.5 Å². The fraction of sp³-hybridized carbons (Fsp3) is 0.143. The molecule has 0 aromatic carbocycles. The number of hydrogen-bond acceptors (Lipinski definition) is 2. The maximum Gasteiger partial charge on any atom is 0.150 e. The molecule has 0 saturated carbocycles. The summed E-state index contributed by atoms with van der Waals surface area (Å²) in [6, 6.07) is 0. The van der Waals surface area contributed by atoms with Crippen LogP contribution in [0.1, 0.15) is 0 Å². The van der Waals surface area contributed by atoms with Gasteiger partial charge in [-0.15, -0.1) is 0 Å². The first-order valence-corrected chi connectivity index (χ1v) is 3.74. The summed E-state index contributed by atoms with van der Waals surface area (Å²) in [5.74, 6) is 0. The molecule has 3 nitrogen and oxygen atoms in total. The van der Waals surface area contributed by atoms with Crippen molar-refractivity contribution in [1.29, 1.82) is 0 Å². The van der Waals surface area contributed by atoms with Gasteiger partial charge in [-0.1, -0.05) is 15.8 Å². The van der Waals surface area contributed by atoms with Gasteiger partial charge >= 0.3 is 0 Å². The Kier molecular flexibility index (Phi) is 2.55. The molecule has 0 aliphatic rings. The van der Waals surface area contributed by atoms with Crippen LogP contribution in [0.3, 0.4) is 0 Å². The number of hydrogen-bond donors (Lipinski definition) is 0. The van der Waals surface area contributed by atoms with Gasteiger partial charge in [0.25, 0.3) is 0 Å². The lowest BCUT2D eigenvalue weighted by atomic mass is 10.6. The Morgan fingerprint density at radius 3 is 3.09 bits per heavy atom. The van der Waals surface area contributed by atoms with Gasteiger partial charge in [-0.25, -0.2) is 0 Å². The van der Waals surface area contributed by atoms with Crippen LogP contribution in [0.15, 0.2) is 24.0 Å². The normalized spacial score (nSPS) is 11.6. The van der Waals surface area contributed by atoms with Crippen LogP contribution in [0.25, 0.3) is 6.20 Å². The Bertz CT molecular complexity index is 327. The van der Waals surface area contributed by atoms with E-state index in [1.165, 1.54) is 0 Å². The highest BCUT2D eigenvalue weighted by atomic mass is 31.0. The average Bonchev–Trinajstić information content (AvgIpc) is 2.04. The van der Waals surface area contributed by atoms with Crippen molar-refractivity contribution in [2.24, 2.45) is 4.99 Å². The molecule has 1 aromatic rings. The van der Waals surface area contributed by atoms with Crippen molar-refractivity contribution >= 4 is 20.9 Å². The van der Waals surface area contributed by atoms with Gasteiger partial charge < -0.3 is 4.57 Å². The third kappa shape index (κ3) is 1.75. The fourth-order valence-corrected chi connectivity index (χ4v) is 0.995. The van der Waals surface area contributed by atoms with Crippen LogP contribution in [-0.4, -0.2) is 16.6 Å². The van der Waals surface area contributed by atoms with Crippen molar-refractivity contribution < 1.29 is 0 Å². The molecule has 1 heterocycles. The van der Waals surface area contributed by atoms with Crippen LogP contribution in [-0.2, 0) is 0 Å². The van der Waals surface area contributed by atoms with Crippen molar-refractivity contribution in [1.82, 2.24) is 9.55 Å².